The van der Waals surface area contributed by atoms with Crippen LogP contribution in [0.5, 0.6) is 0 Å². The molecule has 28 atom stereocenters. The van der Waals surface area contributed by atoms with Gasteiger partial charge in [-0.05, 0) is 86.5 Å². The zero-order valence-corrected chi connectivity index (χ0v) is 42.3. The first kappa shape index (κ1) is 58.0. The van der Waals surface area contributed by atoms with Crippen molar-refractivity contribution in [1.29, 1.82) is 0 Å². The molecule has 0 amide bonds. The van der Waals surface area contributed by atoms with Gasteiger partial charge in [-0.25, -0.2) is 0 Å². The highest BCUT2D eigenvalue weighted by molar-refractivity contribution is 5.77. The van der Waals surface area contributed by atoms with Gasteiger partial charge < -0.3 is 119 Å². The predicted molar refractivity (Wildman–Crippen MR) is 247 cm³/mol. The van der Waals surface area contributed by atoms with Crippen LogP contribution >= 0.6 is 0 Å². The third-order valence-corrected chi connectivity index (χ3v) is 18.8. The van der Waals surface area contributed by atoms with Crippen molar-refractivity contribution < 1.29 is 124 Å². The zero-order valence-electron chi connectivity index (χ0n) is 42.3. The van der Waals surface area contributed by atoms with Crippen LogP contribution in [0.4, 0.5) is 0 Å². The Labute approximate surface area is 433 Å². The maximum absolute atomic E-state index is 15.2. The first-order valence-electron chi connectivity index (χ1n) is 26.6. The van der Waals surface area contributed by atoms with Crippen LogP contribution in [0.1, 0.15) is 90.9 Å². The van der Waals surface area contributed by atoms with Crippen molar-refractivity contribution in [3.8, 4) is 0 Å². The molecule has 9 rings (SSSR count). The fourth-order valence-corrected chi connectivity index (χ4v) is 14.9. The first-order chi connectivity index (χ1) is 35.6. The lowest BCUT2D eigenvalue weighted by atomic mass is 9.41. The van der Waals surface area contributed by atoms with E-state index in [9.17, 15) is 71.5 Å². The molecule has 0 aromatic rings. The standard InChI is InChI=1S/C50H80O25/c1-21-14-49-9-5-33-47(2,34(49)6-10-50(21,20-49)75-43-27(13-24(58)30(17-53)69-43)66-41-25(59)11-22(56)28(15-51)67-41)7-4-8-48(33,3)46(65)74-45-40(73-42-26(60)12-23(57)29(16-52)68-42)39(36(62)32(19-55)71-45)72-44-38(64)37(63)35(61)31(18-54)70-44/h22-45,51-64H,1,4-20H2,2-3H3/t22?,23?,24?,25?,26?,27?,28?,29?,30?,31?,32?,33-,34-,35?,36?,37?,38?,39?,40?,41?,42?,43?,44?,45?,47+,48+,49+,50-/m0/s1. The van der Waals surface area contributed by atoms with E-state index in [2.05, 4.69) is 13.5 Å². The Morgan fingerprint density at radius 1 is 0.547 bits per heavy atom. The molecule has 430 valence electrons. The van der Waals surface area contributed by atoms with E-state index in [1.807, 2.05) is 6.92 Å². The Morgan fingerprint density at radius 3 is 1.68 bits per heavy atom. The van der Waals surface area contributed by atoms with Crippen LogP contribution in [-0.4, -0.2) is 251 Å². The van der Waals surface area contributed by atoms with Crippen molar-refractivity contribution in [2.75, 3.05) is 33.0 Å². The Bertz CT molecular complexity index is 1970. The second-order valence-electron chi connectivity index (χ2n) is 23.3. The van der Waals surface area contributed by atoms with Gasteiger partial charge in [0.2, 0.25) is 6.29 Å². The van der Waals surface area contributed by atoms with Gasteiger partial charge in [-0.2, -0.15) is 0 Å². The highest BCUT2D eigenvalue weighted by atomic mass is 16.8. The molecule has 4 saturated carbocycles. The Kier molecular flexibility index (Phi) is 17.5. The minimum atomic E-state index is -1.96. The maximum atomic E-state index is 15.2. The SMILES string of the molecule is C=C1C[C@@]23CC[C@H]4[C@@](C)(CCC[C@@]4(C)C(=O)OC4OC(CO)C(O)C(OC5OC(CO)C(O)C(O)C5O)C4OC4OC(CO)C(O)CC4O)[C@@H]2CC[C@]1(OC1OC(CO)C(O)CC1OC1OC(CO)C(O)CC1O)C3. The van der Waals surface area contributed by atoms with Gasteiger partial charge in [0, 0.05) is 19.3 Å². The van der Waals surface area contributed by atoms with Gasteiger partial charge in [0.1, 0.15) is 79.4 Å². The highest BCUT2D eigenvalue weighted by Gasteiger charge is 2.69. The lowest BCUT2D eigenvalue weighted by molar-refractivity contribution is -0.384. The van der Waals surface area contributed by atoms with Crippen molar-refractivity contribution in [2.45, 2.75) is 232 Å². The number of hydrogen-bond acceptors (Lipinski definition) is 25. The quantitative estimate of drug-likeness (QED) is 0.0420. The molecule has 25 nitrogen and oxygen atoms in total. The molecular formula is C50H80O25. The lowest BCUT2D eigenvalue weighted by Gasteiger charge is -2.64. The number of hydrogen-bond donors (Lipinski definition) is 14. The smallest absolute Gasteiger partial charge is 0.314 e. The van der Waals surface area contributed by atoms with Crippen molar-refractivity contribution in [3.05, 3.63) is 12.2 Å². The third kappa shape index (κ3) is 10.5. The molecule has 9 aliphatic rings. The molecule has 22 unspecified atom stereocenters. The highest BCUT2D eigenvalue weighted by Crippen LogP contribution is 2.74. The molecular weight excluding hydrogens is 1000 g/mol. The number of esters is 1. The number of carbonyl (C=O) groups excluding carboxylic acids is 1. The zero-order chi connectivity index (χ0) is 54.1. The lowest BCUT2D eigenvalue weighted by Crippen LogP contribution is -2.67. The summed E-state index contributed by atoms with van der Waals surface area (Å²) >= 11 is 0. The minimum absolute atomic E-state index is 0.0455. The Morgan fingerprint density at radius 2 is 1.07 bits per heavy atom. The molecule has 1 spiro atoms. The number of ether oxygens (including phenoxy) is 10. The summed E-state index contributed by atoms with van der Waals surface area (Å²) in [6, 6.07) is 0. The summed E-state index contributed by atoms with van der Waals surface area (Å²) in [7, 11) is 0. The Balaban J connectivity index is 0.952. The fraction of sp³-hybridized carbons (Fsp3) is 0.940. The van der Waals surface area contributed by atoms with Crippen LogP contribution in [0.15, 0.2) is 12.2 Å². The van der Waals surface area contributed by atoms with Crippen LogP contribution < -0.4 is 0 Å². The molecule has 75 heavy (non-hydrogen) atoms. The molecule has 5 saturated heterocycles. The largest absolute Gasteiger partial charge is 0.432 e. The van der Waals surface area contributed by atoms with E-state index in [1.165, 1.54) is 0 Å². The number of fused-ring (bicyclic) bond motifs is 3. The van der Waals surface area contributed by atoms with Crippen LogP contribution in [0.25, 0.3) is 0 Å². The second-order valence-corrected chi connectivity index (χ2v) is 23.3. The molecule has 25 heteroatoms. The van der Waals surface area contributed by atoms with Crippen molar-refractivity contribution in [3.63, 3.8) is 0 Å². The summed E-state index contributed by atoms with van der Waals surface area (Å²) in [4.78, 5) is 15.2. The van der Waals surface area contributed by atoms with Crippen molar-refractivity contribution in [2.24, 2.45) is 28.1 Å². The second kappa shape index (κ2) is 22.7. The van der Waals surface area contributed by atoms with Gasteiger partial charge in [0.05, 0.1) is 62.4 Å². The van der Waals surface area contributed by atoms with Crippen LogP contribution in [0.3, 0.4) is 0 Å². The number of rotatable bonds is 15. The van der Waals surface area contributed by atoms with Gasteiger partial charge in [0.25, 0.3) is 0 Å². The number of carbonyl (C=O) groups is 1. The van der Waals surface area contributed by atoms with E-state index in [-0.39, 0.29) is 36.5 Å². The minimum Gasteiger partial charge on any atom is -0.432 e. The Hall–Kier alpha value is -1.71. The third-order valence-electron chi connectivity index (χ3n) is 18.8. The van der Waals surface area contributed by atoms with Crippen LogP contribution in [0, 0.1) is 28.1 Å². The number of aliphatic hydroxyl groups is 14. The van der Waals surface area contributed by atoms with Crippen LogP contribution in [0.2, 0.25) is 0 Å². The average Bonchev–Trinajstić information content (AvgIpc) is 3.57. The van der Waals surface area contributed by atoms with Gasteiger partial charge in [0.15, 0.2) is 31.3 Å². The monoisotopic (exact) mass is 1080 g/mol. The molecule has 0 radical (unpaired) electrons. The summed E-state index contributed by atoms with van der Waals surface area (Å²) in [5.41, 5.74) is -2.04. The molecule has 2 bridgehead atoms. The van der Waals surface area contributed by atoms with Crippen molar-refractivity contribution >= 4 is 5.97 Å². The molecule has 0 aromatic carbocycles. The fourth-order valence-electron chi connectivity index (χ4n) is 14.9. The van der Waals surface area contributed by atoms with E-state index >= 15 is 4.79 Å². The van der Waals surface area contributed by atoms with E-state index < -0.39 is 191 Å². The molecule has 14 N–H and O–H groups in total. The molecule has 0 aromatic heterocycles. The topological polar surface area (TPSA) is 393 Å². The van der Waals surface area contributed by atoms with E-state index in [4.69, 9.17) is 47.4 Å². The van der Waals surface area contributed by atoms with Crippen molar-refractivity contribution in [1.82, 2.24) is 0 Å². The predicted octanol–water partition coefficient (Wildman–Crippen LogP) is -4.20. The molecule has 4 aliphatic carbocycles. The molecule has 9 fully saturated rings. The van der Waals surface area contributed by atoms with Gasteiger partial charge in [-0.15, -0.1) is 0 Å². The van der Waals surface area contributed by atoms with E-state index in [1.54, 1.807) is 0 Å². The summed E-state index contributed by atoms with van der Waals surface area (Å²) in [5, 5.41) is 148. The number of aliphatic hydroxyl groups excluding tert-OH is 14. The molecule has 5 aliphatic heterocycles. The van der Waals surface area contributed by atoms with Crippen LogP contribution in [-0.2, 0) is 52.2 Å². The normalized spacial score (nSPS) is 53.2. The molecule has 5 heterocycles. The summed E-state index contributed by atoms with van der Waals surface area (Å²) < 4.78 is 61.2. The maximum Gasteiger partial charge on any atom is 0.314 e. The van der Waals surface area contributed by atoms with Gasteiger partial charge in [-0.3, -0.25) is 4.79 Å². The first-order valence-corrected chi connectivity index (χ1v) is 26.6. The van der Waals surface area contributed by atoms with E-state index in [0.717, 1.165) is 12.0 Å². The average molecular weight is 1080 g/mol. The summed E-state index contributed by atoms with van der Waals surface area (Å²) in [6.45, 7) is 5.22. The van der Waals surface area contributed by atoms with Gasteiger partial charge >= 0.3 is 5.97 Å². The van der Waals surface area contributed by atoms with Gasteiger partial charge in [-0.1, -0.05) is 19.9 Å². The van der Waals surface area contributed by atoms with E-state index in [0.29, 0.717) is 51.4 Å². The summed E-state index contributed by atoms with van der Waals surface area (Å²) in [6.07, 6.45) is -27.6. The summed E-state index contributed by atoms with van der Waals surface area (Å²) in [5.74, 6) is -0.922.